The summed E-state index contributed by atoms with van der Waals surface area (Å²) in [6, 6.07) is 7.71. The molecule has 0 saturated carbocycles. The molecule has 0 aliphatic carbocycles. The molecule has 24 heavy (non-hydrogen) atoms. The second kappa shape index (κ2) is 6.27. The Hall–Kier alpha value is -2.96. The number of anilines is 3. The van der Waals surface area contributed by atoms with Crippen LogP contribution in [0.3, 0.4) is 0 Å². The van der Waals surface area contributed by atoms with Gasteiger partial charge in [0.2, 0.25) is 5.91 Å². The molecule has 0 fully saturated rings. The lowest BCUT2D eigenvalue weighted by molar-refractivity contribution is -0.116. The van der Waals surface area contributed by atoms with Gasteiger partial charge < -0.3 is 15.5 Å². The monoisotopic (exact) mass is 331 g/mol. The third-order valence-electron chi connectivity index (χ3n) is 3.82. The largest absolute Gasteiger partial charge is 0.323 e. The number of nitrogens with one attached hydrogen (secondary N) is 2. The molecule has 7 heteroatoms. The molecule has 1 aliphatic rings. The summed E-state index contributed by atoms with van der Waals surface area (Å²) >= 11 is 0. The Morgan fingerprint density at radius 1 is 1.08 bits per heavy atom. The molecule has 0 aromatic heterocycles. The fraction of sp³-hybridized carbons (Fsp3) is 0.176. The van der Waals surface area contributed by atoms with Gasteiger partial charge in [-0.05, 0) is 36.2 Å². The lowest BCUT2D eigenvalue weighted by Gasteiger charge is -2.16. The summed E-state index contributed by atoms with van der Waals surface area (Å²) in [7, 11) is 0. The van der Waals surface area contributed by atoms with E-state index in [1.54, 1.807) is 17.0 Å². The molecule has 0 atom stereocenters. The zero-order valence-electron chi connectivity index (χ0n) is 12.9. The van der Waals surface area contributed by atoms with Gasteiger partial charge in [-0.25, -0.2) is 13.6 Å². The number of amides is 3. The Bertz CT molecular complexity index is 803. The van der Waals surface area contributed by atoms with Gasteiger partial charge in [-0.2, -0.15) is 0 Å². The number of benzene rings is 2. The molecular formula is C17H15F2N3O2. The normalized spacial score (nSPS) is 12.7. The van der Waals surface area contributed by atoms with Crippen molar-refractivity contribution in [2.75, 3.05) is 22.1 Å². The standard InChI is InChI=1S/C17H15F2N3O2/c1-10(23)22-8-7-11-5-6-12(9-15(11)22)20-17(24)21-16-13(18)3-2-4-14(16)19/h2-6,9H,7-8H2,1H3,(H2,20,21,24). The molecule has 2 aromatic carbocycles. The number of nitrogens with zero attached hydrogens (tertiary/aromatic N) is 1. The summed E-state index contributed by atoms with van der Waals surface area (Å²) in [6.07, 6.45) is 0.752. The van der Waals surface area contributed by atoms with Crippen LogP contribution in [0.2, 0.25) is 0 Å². The average molecular weight is 331 g/mol. The highest BCUT2D eigenvalue weighted by molar-refractivity contribution is 6.01. The number of fused-ring (bicyclic) bond motifs is 1. The Labute approximate surface area is 137 Å². The molecule has 0 radical (unpaired) electrons. The molecule has 3 amide bonds. The van der Waals surface area contributed by atoms with Crippen molar-refractivity contribution in [2.45, 2.75) is 13.3 Å². The van der Waals surface area contributed by atoms with Gasteiger partial charge in [0.05, 0.1) is 0 Å². The maximum atomic E-state index is 13.5. The van der Waals surface area contributed by atoms with Crippen molar-refractivity contribution in [3.8, 4) is 0 Å². The Morgan fingerprint density at radius 2 is 1.79 bits per heavy atom. The quantitative estimate of drug-likeness (QED) is 0.884. The Balaban J connectivity index is 1.76. The lowest BCUT2D eigenvalue weighted by Crippen LogP contribution is -2.26. The molecule has 0 spiro atoms. The van der Waals surface area contributed by atoms with E-state index in [0.717, 1.165) is 29.8 Å². The van der Waals surface area contributed by atoms with E-state index in [1.807, 2.05) is 6.07 Å². The molecule has 124 valence electrons. The Kier molecular flexibility index (Phi) is 4.16. The summed E-state index contributed by atoms with van der Waals surface area (Å²) in [4.78, 5) is 25.2. The van der Waals surface area contributed by atoms with Crippen molar-refractivity contribution in [1.29, 1.82) is 0 Å². The third kappa shape index (κ3) is 3.05. The van der Waals surface area contributed by atoms with Crippen molar-refractivity contribution < 1.29 is 18.4 Å². The van der Waals surface area contributed by atoms with Crippen LogP contribution in [0.4, 0.5) is 30.6 Å². The van der Waals surface area contributed by atoms with Crippen LogP contribution in [-0.4, -0.2) is 18.5 Å². The summed E-state index contributed by atoms with van der Waals surface area (Å²) in [6.45, 7) is 2.07. The number of halogens is 2. The summed E-state index contributed by atoms with van der Waals surface area (Å²) in [5, 5.41) is 4.66. The first-order valence-corrected chi connectivity index (χ1v) is 7.39. The van der Waals surface area contributed by atoms with E-state index in [-0.39, 0.29) is 5.91 Å². The molecule has 2 N–H and O–H groups in total. The smallest absolute Gasteiger partial charge is 0.312 e. The number of hydrogen-bond acceptors (Lipinski definition) is 2. The minimum absolute atomic E-state index is 0.0798. The number of carbonyl (C=O) groups is 2. The zero-order valence-corrected chi connectivity index (χ0v) is 12.9. The van der Waals surface area contributed by atoms with Gasteiger partial charge in [0, 0.05) is 24.8 Å². The Morgan fingerprint density at radius 3 is 2.46 bits per heavy atom. The van der Waals surface area contributed by atoms with E-state index in [2.05, 4.69) is 10.6 Å². The van der Waals surface area contributed by atoms with Crippen LogP contribution in [0.25, 0.3) is 0 Å². The van der Waals surface area contributed by atoms with Gasteiger partial charge in [0.15, 0.2) is 0 Å². The molecule has 0 saturated heterocycles. The van der Waals surface area contributed by atoms with Crippen LogP contribution in [0.15, 0.2) is 36.4 Å². The summed E-state index contributed by atoms with van der Waals surface area (Å²) in [5.41, 5.74) is 1.66. The molecule has 1 heterocycles. The van der Waals surface area contributed by atoms with E-state index >= 15 is 0 Å². The number of hydrogen-bond donors (Lipinski definition) is 2. The van der Waals surface area contributed by atoms with Crippen LogP contribution in [0.1, 0.15) is 12.5 Å². The number of urea groups is 1. The molecule has 1 aliphatic heterocycles. The van der Waals surface area contributed by atoms with Crippen LogP contribution < -0.4 is 15.5 Å². The number of carbonyl (C=O) groups excluding carboxylic acids is 2. The third-order valence-corrected chi connectivity index (χ3v) is 3.82. The number of rotatable bonds is 2. The maximum Gasteiger partial charge on any atom is 0.323 e. The van der Waals surface area contributed by atoms with Gasteiger partial charge in [-0.1, -0.05) is 12.1 Å². The predicted molar refractivity (Wildman–Crippen MR) is 87.2 cm³/mol. The van der Waals surface area contributed by atoms with Gasteiger partial charge >= 0.3 is 6.03 Å². The SMILES string of the molecule is CC(=O)N1CCc2ccc(NC(=O)Nc3c(F)cccc3F)cc21. The van der Waals surface area contributed by atoms with E-state index in [9.17, 15) is 18.4 Å². The van der Waals surface area contributed by atoms with Crippen molar-refractivity contribution in [1.82, 2.24) is 0 Å². The molecule has 0 unspecified atom stereocenters. The molecule has 2 aromatic rings. The highest BCUT2D eigenvalue weighted by atomic mass is 19.1. The first kappa shape index (κ1) is 15.9. The van der Waals surface area contributed by atoms with Crippen molar-refractivity contribution in [3.05, 3.63) is 53.6 Å². The fourth-order valence-electron chi connectivity index (χ4n) is 2.68. The fourth-order valence-corrected chi connectivity index (χ4v) is 2.68. The van der Waals surface area contributed by atoms with Gasteiger partial charge in [0.1, 0.15) is 17.3 Å². The van der Waals surface area contributed by atoms with Crippen molar-refractivity contribution in [2.24, 2.45) is 0 Å². The second-order valence-corrected chi connectivity index (χ2v) is 5.44. The first-order chi connectivity index (χ1) is 11.5. The van der Waals surface area contributed by atoms with E-state index in [4.69, 9.17) is 0 Å². The summed E-state index contributed by atoms with van der Waals surface area (Å²) in [5.74, 6) is -1.80. The van der Waals surface area contributed by atoms with Crippen LogP contribution in [-0.2, 0) is 11.2 Å². The molecular weight excluding hydrogens is 316 g/mol. The zero-order chi connectivity index (χ0) is 17.3. The van der Waals surface area contributed by atoms with Gasteiger partial charge in [-0.3, -0.25) is 4.79 Å². The number of para-hydroxylation sites is 1. The van der Waals surface area contributed by atoms with Crippen molar-refractivity contribution in [3.63, 3.8) is 0 Å². The topological polar surface area (TPSA) is 61.4 Å². The minimum Gasteiger partial charge on any atom is -0.312 e. The van der Waals surface area contributed by atoms with Crippen LogP contribution in [0.5, 0.6) is 0 Å². The highest BCUT2D eigenvalue weighted by Gasteiger charge is 2.22. The summed E-state index contributed by atoms with van der Waals surface area (Å²) < 4.78 is 27.1. The molecule has 3 rings (SSSR count). The van der Waals surface area contributed by atoms with Gasteiger partial charge in [-0.15, -0.1) is 0 Å². The van der Waals surface area contributed by atoms with E-state index in [1.165, 1.54) is 13.0 Å². The lowest BCUT2D eigenvalue weighted by atomic mass is 10.1. The predicted octanol–water partition coefficient (Wildman–Crippen LogP) is 3.52. The van der Waals surface area contributed by atoms with E-state index < -0.39 is 23.4 Å². The van der Waals surface area contributed by atoms with E-state index in [0.29, 0.717) is 12.2 Å². The van der Waals surface area contributed by atoms with Crippen LogP contribution >= 0.6 is 0 Å². The van der Waals surface area contributed by atoms with Crippen molar-refractivity contribution >= 4 is 29.0 Å². The molecule has 5 nitrogen and oxygen atoms in total. The maximum absolute atomic E-state index is 13.5. The average Bonchev–Trinajstić information content (AvgIpc) is 2.94. The molecule has 0 bridgehead atoms. The van der Waals surface area contributed by atoms with Gasteiger partial charge in [0.25, 0.3) is 0 Å². The first-order valence-electron chi connectivity index (χ1n) is 7.39. The minimum atomic E-state index is -0.859. The second-order valence-electron chi connectivity index (χ2n) is 5.44. The van der Waals surface area contributed by atoms with Crippen LogP contribution in [0, 0.1) is 11.6 Å². The highest BCUT2D eigenvalue weighted by Crippen LogP contribution is 2.31.